The van der Waals surface area contributed by atoms with Gasteiger partial charge in [0.25, 0.3) is 5.91 Å². The first-order valence-electron chi connectivity index (χ1n) is 10.3. The van der Waals surface area contributed by atoms with Gasteiger partial charge in [0.2, 0.25) is 0 Å². The van der Waals surface area contributed by atoms with Crippen LogP contribution in [0, 0.1) is 0 Å². The number of halogens is 1. The number of hydrogen-bond donors (Lipinski definition) is 2. The first-order valence-corrected chi connectivity index (χ1v) is 10.8. The maximum Gasteiger partial charge on any atom is 0.304 e. The molecule has 0 saturated heterocycles. The van der Waals surface area contributed by atoms with Gasteiger partial charge >= 0.3 is 5.97 Å². The number of nitrogens with one attached hydrogen (secondary N) is 1. The molecule has 0 aliphatic heterocycles. The summed E-state index contributed by atoms with van der Waals surface area (Å²) in [5.41, 5.74) is 2.82. The van der Waals surface area contributed by atoms with Crippen molar-refractivity contribution in [3.63, 3.8) is 0 Å². The molecule has 1 aliphatic carbocycles. The number of benzene rings is 3. The van der Waals surface area contributed by atoms with Gasteiger partial charge in [-0.2, -0.15) is 0 Å². The summed E-state index contributed by atoms with van der Waals surface area (Å²) in [6, 6.07) is 26.9. The molecule has 0 bridgehead atoms. The molecule has 0 unspecified atom stereocenters. The average Bonchev–Trinajstić information content (AvgIpc) is 2.78. The van der Waals surface area contributed by atoms with E-state index in [4.69, 9.17) is 11.6 Å². The Kier molecular flexibility index (Phi) is 6.10. The summed E-state index contributed by atoms with van der Waals surface area (Å²) in [5, 5.41) is 12.4. The molecule has 5 heteroatoms. The van der Waals surface area contributed by atoms with Crippen LogP contribution in [-0.2, 0) is 10.2 Å². The molecule has 0 spiro atoms. The fourth-order valence-electron chi connectivity index (χ4n) is 4.72. The van der Waals surface area contributed by atoms with Gasteiger partial charge in [0.1, 0.15) is 0 Å². The highest BCUT2D eigenvalue weighted by Crippen LogP contribution is 2.49. The molecular formula is C26H24ClNO3. The number of carbonyl (C=O) groups excluding carboxylic acids is 1. The summed E-state index contributed by atoms with van der Waals surface area (Å²) in [6.07, 6.45) is 0.344. The van der Waals surface area contributed by atoms with E-state index in [-0.39, 0.29) is 30.2 Å². The molecule has 0 radical (unpaired) electrons. The Bertz CT molecular complexity index is 1070. The fourth-order valence-corrected chi connectivity index (χ4v) is 5.30. The SMILES string of the molecule is O=C(O)C[C@@]1(CNC(=O)c2ccccc2)C[C@@H](Cl)[C@H](c2ccccc2)c2ccccc21. The van der Waals surface area contributed by atoms with Gasteiger partial charge in [0.15, 0.2) is 0 Å². The molecule has 0 heterocycles. The van der Waals surface area contributed by atoms with Crippen molar-refractivity contribution >= 4 is 23.5 Å². The maximum atomic E-state index is 12.7. The number of carbonyl (C=O) groups is 2. The van der Waals surface area contributed by atoms with Crippen LogP contribution in [-0.4, -0.2) is 28.9 Å². The normalized spacial score (nSPS) is 22.4. The molecule has 31 heavy (non-hydrogen) atoms. The quantitative estimate of drug-likeness (QED) is 0.539. The first kappa shape index (κ1) is 21.1. The molecule has 1 aliphatic rings. The second-order valence-electron chi connectivity index (χ2n) is 8.10. The van der Waals surface area contributed by atoms with E-state index in [9.17, 15) is 14.7 Å². The summed E-state index contributed by atoms with van der Waals surface area (Å²) >= 11 is 6.94. The third-order valence-corrected chi connectivity index (χ3v) is 6.49. The standard InChI is InChI=1S/C26H24ClNO3/c27-22-15-26(16-23(29)30,17-28-25(31)19-11-5-2-6-12-19)21-14-8-7-13-20(21)24(22)18-9-3-1-4-10-18/h1-14,22,24H,15-17H2,(H,28,31)(H,29,30)/t22-,24-,26-/m1/s1. The van der Waals surface area contributed by atoms with Crippen molar-refractivity contribution in [2.45, 2.75) is 29.6 Å². The first-order chi connectivity index (χ1) is 15.0. The van der Waals surface area contributed by atoms with Gasteiger partial charge in [0, 0.05) is 28.8 Å². The predicted octanol–water partition coefficient (Wildman–Crippen LogP) is 4.97. The van der Waals surface area contributed by atoms with Gasteiger partial charge in [-0.25, -0.2) is 0 Å². The largest absolute Gasteiger partial charge is 0.481 e. The number of fused-ring (bicyclic) bond motifs is 1. The molecule has 4 rings (SSSR count). The minimum Gasteiger partial charge on any atom is -0.481 e. The van der Waals surface area contributed by atoms with E-state index in [0.717, 1.165) is 16.7 Å². The molecule has 3 atom stereocenters. The second kappa shape index (κ2) is 8.94. The highest BCUT2D eigenvalue weighted by molar-refractivity contribution is 6.21. The van der Waals surface area contributed by atoms with Crippen LogP contribution in [0.2, 0.25) is 0 Å². The van der Waals surface area contributed by atoms with E-state index in [0.29, 0.717) is 12.0 Å². The van der Waals surface area contributed by atoms with Gasteiger partial charge in [-0.05, 0) is 35.2 Å². The fraction of sp³-hybridized carbons (Fsp3) is 0.231. The Morgan fingerprint density at radius 3 is 2.23 bits per heavy atom. The van der Waals surface area contributed by atoms with Crippen LogP contribution in [0.15, 0.2) is 84.9 Å². The lowest BCUT2D eigenvalue weighted by Crippen LogP contribution is -2.48. The molecule has 3 aromatic rings. The third kappa shape index (κ3) is 4.35. The summed E-state index contributed by atoms with van der Waals surface area (Å²) in [5.74, 6) is -1.17. The van der Waals surface area contributed by atoms with Gasteiger partial charge in [-0.1, -0.05) is 72.8 Å². The highest BCUT2D eigenvalue weighted by Gasteiger charge is 2.46. The molecule has 0 saturated carbocycles. The van der Waals surface area contributed by atoms with Crippen molar-refractivity contribution in [1.82, 2.24) is 5.32 Å². The van der Waals surface area contributed by atoms with Crippen LogP contribution in [0.1, 0.15) is 45.8 Å². The van der Waals surface area contributed by atoms with Crippen molar-refractivity contribution in [3.05, 3.63) is 107 Å². The van der Waals surface area contributed by atoms with E-state index in [1.54, 1.807) is 24.3 Å². The number of alkyl halides is 1. The number of amides is 1. The monoisotopic (exact) mass is 433 g/mol. The topological polar surface area (TPSA) is 66.4 Å². The molecule has 0 fully saturated rings. The van der Waals surface area contributed by atoms with E-state index in [2.05, 4.69) is 17.4 Å². The molecule has 158 valence electrons. The second-order valence-corrected chi connectivity index (χ2v) is 8.66. The van der Waals surface area contributed by atoms with E-state index in [1.807, 2.05) is 48.5 Å². The average molecular weight is 434 g/mol. The van der Waals surface area contributed by atoms with Crippen LogP contribution in [0.25, 0.3) is 0 Å². The molecular weight excluding hydrogens is 410 g/mol. The highest BCUT2D eigenvalue weighted by atomic mass is 35.5. The maximum absolute atomic E-state index is 12.7. The zero-order valence-electron chi connectivity index (χ0n) is 17.0. The number of rotatable bonds is 6. The Labute approximate surface area is 186 Å². The van der Waals surface area contributed by atoms with Gasteiger partial charge in [-0.3, -0.25) is 9.59 Å². The van der Waals surface area contributed by atoms with Crippen LogP contribution >= 0.6 is 11.6 Å². The minimum absolute atomic E-state index is 0.0363. The third-order valence-electron chi connectivity index (χ3n) is 6.09. The summed E-state index contributed by atoms with van der Waals surface area (Å²) in [7, 11) is 0. The minimum atomic E-state index is -0.911. The number of hydrogen-bond acceptors (Lipinski definition) is 2. The van der Waals surface area contributed by atoms with E-state index in [1.165, 1.54) is 0 Å². The van der Waals surface area contributed by atoms with Crippen LogP contribution in [0.5, 0.6) is 0 Å². The van der Waals surface area contributed by atoms with Crippen molar-refractivity contribution in [3.8, 4) is 0 Å². The smallest absolute Gasteiger partial charge is 0.304 e. The molecule has 1 amide bonds. The van der Waals surface area contributed by atoms with Crippen molar-refractivity contribution in [2.24, 2.45) is 0 Å². The Morgan fingerprint density at radius 1 is 0.935 bits per heavy atom. The summed E-state index contributed by atoms with van der Waals surface area (Å²) in [4.78, 5) is 24.6. The van der Waals surface area contributed by atoms with Crippen LogP contribution in [0.3, 0.4) is 0 Å². The summed E-state index contributed by atoms with van der Waals surface area (Å²) in [6.45, 7) is 0.203. The summed E-state index contributed by atoms with van der Waals surface area (Å²) < 4.78 is 0. The lowest BCUT2D eigenvalue weighted by molar-refractivity contribution is -0.138. The van der Waals surface area contributed by atoms with E-state index < -0.39 is 11.4 Å². The van der Waals surface area contributed by atoms with Gasteiger partial charge < -0.3 is 10.4 Å². The molecule has 3 aromatic carbocycles. The lowest BCUT2D eigenvalue weighted by Gasteiger charge is -2.44. The van der Waals surface area contributed by atoms with Crippen LogP contribution in [0.4, 0.5) is 0 Å². The number of carboxylic acids is 1. The van der Waals surface area contributed by atoms with Crippen molar-refractivity contribution in [1.29, 1.82) is 0 Å². The lowest BCUT2D eigenvalue weighted by atomic mass is 9.63. The van der Waals surface area contributed by atoms with E-state index >= 15 is 0 Å². The Hall–Kier alpha value is -3.11. The Balaban J connectivity index is 1.72. The molecule has 4 nitrogen and oxygen atoms in total. The van der Waals surface area contributed by atoms with Crippen molar-refractivity contribution < 1.29 is 14.7 Å². The predicted molar refractivity (Wildman–Crippen MR) is 122 cm³/mol. The zero-order valence-corrected chi connectivity index (χ0v) is 17.8. The zero-order chi connectivity index (χ0) is 21.8. The van der Waals surface area contributed by atoms with Gasteiger partial charge in [-0.15, -0.1) is 11.6 Å². The number of aliphatic carboxylic acids is 1. The number of carboxylic acid groups (broad SMARTS) is 1. The molecule has 2 N–H and O–H groups in total. The van der Waals surface area contributed by atoms with Crippen molar-refractivity contribution in [2.75, 3.05) is 6.54 Å². The Morgan fingerprint density at radius 2 is 1.55 bits per heavy atom. The van der Waals surface area contributed by atoms with Crippen LogP contribution < -0.4 is 5.32 Å². The van der Waals surface area contributed by atoms with Gasteiger partial charge in [0.05, 0.1) is 6.42 Å². The molecule has 0 aromatic heterocycles.